The van der Waals surface area contributed by atoms with E-state index in [1.165, 1.54) is 0 Å². The second-order valence-corrected chi connectivity index (χ2v) is 10.6. The number of nitriles is 1. The van der Waals surface area contributed by atoms with Crippen LogP contribution in [0.25, 0.3) is 11.3 Å². The molecule has 3 fully saturated rings. The van der Waals surface area contributed by atoms with Gasteiger partial charge in [0.1, 0.15) is 23.6 Å². The lowest BCUT2D eigenvalue weighted by atomic mass is 9.62. The molecule has 2 aliphatic carbocycles. The average molecular weight is 470 g/mol. The van der Waals surface area contributed by atoms with Crippen LogP contribution in [0.3, 0.4) is 0 Å². The van der Waals surface area contributed by atoms with Crippen LogP contribution in [0.15, 0.2) is 30.5 Å². The fourth-order valence-corrected chi connectivity index (χ4v) is 6.01. The first-order valence-corrected chi connectivity index (χ1v) is 12.7. The zero-order chi connectivity index (χ0) is 24.7. The molecule has 2 heterocycles. The maximum atomic E-state index is 13.5. The largest absolute Gasteiger partial charge is 0.342 e. The summed E-state index contributed by atoms with van der Waals surface area (Å²) in [5, 5.41) is 9.04. The number of piperidine rings is 1. The third-order valence-electron chi connectivity index (χ3n) is 8.14. The Morgan fingerprint density at radius 1 is 1.14 bits per heavy atom. The minimum absolute atomic E-state index is 0.0188. The molecule has 1 aromatic carbocycles. The van der Waals surface area contributed by atoms with Crippen LogP contribution in [0, 0.1) is 29.6 Å². The van der Waals surface area contributed by atoms with Crippen LogP contribution in [0.2, 0.25) is 0 Å². The van der Waals surface area contributed by atoms with E-state index in [1.807, 2.05) is 36.9 Å². The van der Waals surface area contributed by atoms with Crippen LogP contribution >= 0.6 is 0 Å². The first-order chi connectivity index (χ1) is 16.8. The molecule has 0 N–H and O–H groups in total. The Labute approximate surface area is 206 Å². The highest BCUT2D eigenvalue weighted by atomic mass is 16.2. The Morgan fingerprint density at radius 2 is 1.83 bits per heavy atom. The zero-order valence-corrected chi connectivity index (χ0v) is 20.5. The first-order valence-electron chi connectivity index (χ1n) is 12.7. The molecule has 0 atom stereocenters. The second-order valence-electron chi connectivity index (χ2n) is 10.6. The van der Waals surface area contributed by atoms with E-state index >= 15 is 0 Å². The van der Waals surface area contributed by atoms with Crippen LogP contribution < -0.4 is 0 Å². The molecular formula is C29H31N3O3. The Bertz CT molecular complexity index is 1210. The highest BCUT2D eigenvalue weighted by Gasteiger charge is 2.48. The normalized spacial score (nSPS) is 20.2. The number of hydrogen-bond acceptors (Lipinski definition) is 5. The van der Waals surface area contributed by atoms with Gasteiger partial charge in [0, 0.05) is 43.6 Å². The van der Waals surface area contributed by atoms with Gasteiger partial charge in [-0.25, -0.2) is 0 Å². The minimum Gasteiger partial charge on any atom is -0.342 e. The van der Waals surface area contributed by atoms with Crippen molar-refractivity contribution in [1.29, 1.82) is 5.26 Å². The summed E-state index contributed by atoms with van der Waals surface area (Å²) < 4.78 is 0. The SMILES string of the molecule is CCc1cc(-c2ccc(C#N)cn2)cc(C)c1C1C(=O)CC2(CCN(C(=O)C3CC3)CC2)CC1=O. The van der Waals surface area contributed by atoms with E-state index in [9.17, 15) is 14.4 Å². The summed E-state index contributed by atoms with van der Waals surface area (Å²) in [6, 6.07) is 9.68. The molecule has 6 nitrogen and oxygen atoms in total. The van der Waals surface area contributed by atoms with Crippen LogP contribution in [-0.4, -0.2) is 40.4 Å². The smallest absolute Gasteiger partial charge is 0.225 e. The number of likely N-dealkylation sites (tertiary alicyclic amines) is 1. The zero-order valence-electron chi connectivity index (χ0n) is 20.5. The quantitative estimate of drug-likeness (QED) is 0.614. The average Bonchev–Trinajstić information content (AvgIpc) is 3.70. The van der Waals surface area contributed by atoms with Crippen LogP contribution in [0.4, 0.5) is 0 Å². The monoisotopic (exact) mass is 469 g/mol. The van der Waals surface area contributed by atoms with Gasteiger partial charge in [-0.1, -0.05) is 6.92 Å². The van der Waals surface area contributed by atoms with E-state index in [0.717, 1.165) is 53.6 Å². The summed E-state index contributed by atoms with van der Waals surface area (Å²) in [6.45, 7) is 5.33. The van der Waals surface area contributed by atoms with E-state index in [-0.39, 0.29) is 28.8 Å². The summed E-state index contributed by atoms with van der Waals surface area (Å²) in [4.78, 5) is 45.8. The highest BCUT2D eigenvalue weighted by Crippen LogP contribution is 2.47. The summed E-state index contributed by atoms with van der Waals surface area (Å²) >= 11 is 0. The Balaban J connectivity index is 1.37. The van der Waals surface area contributed by atoms with Gasteiger partial charge in [0.25, 0.3) is 0 Å². The highest BCUT2D eigenvalue weighted by molar-refractivity contribution is 6.10. The molecule has 0 unspecified atom stereocenters. The van der Waals surface area contributed by atoms with Gasteiger partial charge in [-0.15, -0.1) is 0 Å². The number of rotatable bonds is 4. The molecule has 1 aromatic heterocycles. The predicted molar refractivity (Wildman–Crippen MR) is 131 cm³/mol. The topological polar surface area (TPSA) is 91.1 Å². The third-order valence-corrected chi connectivity index (χ3v) is 8.14. The van der Waals surface area contributed by atoms with Crippen molar-refractivity contribution in [3.8, 4) is 17.3 Å². The van der Waals surface area contributed by atoms with Crippen molar-refractivity contribution < 1.29 is 14.4 Å². The summed E-state index contributed by atoms with van der Waals surface area (Å²) in [6.07, 6.45) is 6.56. The van der Waals surface area contributed by atoms with Gasteiger partial charge in [-0.05, 0) is 85.4 Å². The van der Waals surface area contributed by atoms with E-state index in [0.29, 0.717) is 37.9 Å². The van der Waals surface area contributed by atoms with E-state index in [1.54, 1.807) is 12.3 Å². The predicted octanol–water partition coefficient (Wildman–Crippen LogP) is 4.53. The number of nitrogens with zero attached hydrogens (tertiary/aromatic N) is 3. The molecule has 5 rings (SSSR count). The summed E-state index contributed by atoms with van der Waals surface area (Å²) in [7, 11) is 0. The number of aryl methyl sites for hydroxylation is 2. The van der Waals surface area contributed by atoms with E-state index in [4.69, 9.17) is 5.26 Å². The molecule has 1 spiro atoms. The minimum atomic E-state index is -0.704. The number of aromatic nitrogens is 1. The third kappa shape index (κ3) is 4.40. The maximum absolute atomic E-state index is 13.5. The molecule has 0 radical (unpaired) electrons. The van der Waals surface area contributed by atoms with Crippen molar-refractivity contribution in [2.45, 2.75) is 64.7 Å². The molecule has 1 saturated heterocycles. The number of carbonyl (C=O) groups is 3. The maximum Gasteiger partial charge on any atom is 0.225 e. The van der Waals surface area contributed by atoms with Crippen LogP contribution in [-0.2, 0) is 20.8 Å². The number of pyridine rings is 1. The van der Waals surface area contributed by atoms with Gasteiger partial charge in [-0.3, -0.25) is 19.4 Å². The molecule has 3 aliphatic rings. The molecule has 2 aromatic rings. The number of amides is 1. The molecule has 180 valence electrons. The standard InChI is InChI=1S/C29H31N3O3/c1-3-20-13-22(23-7-4-19(16-30)17-31-23)12-18(2)26(20)27-24(33)14-29(15-25(27)34)8-10-32(11-9-29)28(35)21-5-6-21/h4,7,12-13,17,21,27H,3,5-6,8-11,14-15H2,1-2H3. The molecule has 0 bridgehead atoms. The van der Waals surface area contributed by atoms with Gasteiger partial charge < -0.3 is 4.90 Å². The molecule has 1 amide bonds. The molecule has 35 heavy (non-hydrogen) atoms. The van der Waals surface area contributed by atoms with Crippen molar-refractivity contribution in [1.82, 2.24) is 9.88 Å². The molecular weight excluding hydrogens is 438 g/mol. The Morgan fingerprint density at radius 3 is 2.37 bits per heavy atom. The van der Waals surface area contributed by atoms with Gasteiger partial charge in [-0.2, -0.15) is 5.26 Å². The second kappa shape index (κ2) is 9.03. The fraction of sp³-hybridized carbons (Fsp3) is 0.483. The van der Waals surface area contributed by atoms with Gasteiger partial charge in [0.15, 0.2) is 0 Å². The van der Waals surface area contributed by atoms with Crippen molar-refractivity contribution in [2.75, 3.05) is 13.1 Å². The van der Waals surface area contributed by atoms with Crippen LogP contribution in [0.5, 0.6) is 0 Å². The number of Topliss-reactive ketones (excluding diaryl/α,β-unsaturated/α-hetero) is 2. The van der Waals surface area contributed by atoms with Gasteiger partial charge in [0.05, 0.1) is 11.3 Å². The Kier molecular flexibility index (Phi) is 6.04. The lowest BCUT2D eigenvalue weighted by Gasteiger charge is -2.45. The van der Waals surface area contributed by atoms with Gasteiger partial charge >= 0.3 is 0 Å². The lowest BCUT2D eigenvalue weighted by Crippen LogP contribution is -2.48. The number of carbonyl (C=O) groups excluding carboxylic acids is 3. The molecule has 1 aliphatic heterocycles. The number of benzene rings is 1. The number of ketones is 2. The lowest BCUT2D eigenvalue weighted by molar-refractivity contribution is -0.140. The van der Waals surface area contributed by atoms with Crippen LogP contribution in [0.1, 0.15) is 73.6 Å². The van der Waals surface area contributed by atoms with Crippen molar-refractivity contribution in [3.05, 3.63) is 52.7 Å². The van der Waals surface area contributed by atoms with Crippen molar-refractivity contribution in [2.24, 2.45) is 11.3 Å². The van der Waals surface area contributed by atoms with Crippen molar-refractivity contribution in [3.63, 3.8) is 0 Å². The summed E-state index contributed by atoms with van der Waals surface area (Å²) in [5.41, 5.74) is 4.69. The van der Waals surface area contributed by atoms with E-state index < -0.39 is 5.92 Å². The van der Waals surface area contributed by atoms with Gasteiger partial charge in [0.2, 0.25) is 5.91 Å². The summed E-state index contributed by atoms with van der Waals surface area (Å²) in [5.74, 6) is -0.201. The van der Waals surface area contributed by atoms with E-state index in [2.05, 4.69) is 11.1 Å². The van der Waals surface area contributed by atoms with Crippen molar-refractivity contribution >= 4 is 17.5 Å². The number of hydrogen-bond donors (Lipinski definition) is 0. The fourth-order valence-electron chi connectivity index (χ4n) is 6.01. The molecule has 6 heteroatoms. The first kappa shape index (κ1) is 23.4. The Hall–Kier alpha value is -3.33. The molecule has 2 saturated carbocycles.